The highest BCUT2D eigenvalue weighted by atomic mass is 15.2. The molecule has 1 saturated heterocycles. The summed E-state index contributed by atoms with van der Waals surface area (Å²) in [5.74, 6) is 0.932. The number of aliphatic imine (C=N–C) groups is 1. The van der Waals surface area contributed by atoms with Crippen LogP contribution < -0.4 is 10.6 Å². The zero-order valence-electron chi connectivity index (χ0n) is 16.2. The topological polar surface area (TPSA) is 42.9 Å². The summed E-state index contributed by atoms with van der Waals surface area (Å²) < 4.78 is 0. The SMILES string of the molecule is CCNC(=NCC(c1ccccc1)N1CCCC1)NCCCN(C)C. The lowest BCUT2D eigenvalue weighted by atomic mass is 10.1. The van der Waals surface area contributed by atoms with E-state index >= 15 is 0 Å². The number of nitrogens with one attached hydrogen (secondary N) is 2. The Morgan fingerprint density at radius 2 is 1.88 bits per heavy atom. The van der Waals surface area contributed by atoms with Crippen molar-refractivity contribution in [2.24, 2.45) is 4.99 Å². The van der Waals surface area contributed by atoms with E-state index in [0.29, 0.717) is 6.04 Å². The molecule has 5 heteroatoms. The molecule has 1 aromatic carbocycles. The van der Waals surface area contributed by atoms with E-state index in [2.05, 4.69) is 71.8 Å². The third kappa shape index (κ3) is 7.04. The van der Waals surface area contributed by atoms with Crippen LogP contribution in [0, 0.1) is 0 Å². The summed E-state index contributed by atoms with van der Waals surface area (Å²) >= 11 is 0. The van der Waals surface area contributed by atoms with Gasteiger partial charge in [0.25, 0.3) is 0 Å². The number of hydrogen-bond acceptors (Lipinski definition) is 3. The van der Waals surface area contributed by atoms with Crippen molar-refractivity contribution in [2.75, 3.05) is 53.4 Å². The van der Waals surface area contributed by atoms with Gasteiger partial charge in [-0.05, 0) is 65.5 Å². The Balaban J connectivity index is 1.97. The minimum atomic E-state index is 0.376. The summed E-state index contributed by atoms with van der Waals surface area (Å²) in [4.78, 5) is 9.68. The Kier molecular flexibility index (Phi) is 8.77. The first-order valence-corrected chi connectivity index (χ1v) is 9.66. The second-order valence-electron chi connectivity index (χ2n) is 6.97. The van der Waals surface area contributed by atoms with Crippen LogP contribution in [0.2, 0.25) is 0 Å². The molecule has 1 aliphatic heterocycles. The van der Waals surface area contributed by atoms with Gasteiger partial charge in [-0.2, -0.15) is 0 Å². The average Bonchev–Trinajstić information content (AvgIpc) is 3.14. The van der Waals surface area contributed by atoms with Crippen LogP contribution in [0.5, 0.6) is 0 Å². The van der Waals surface area contributed by atoms with E-state index in [4.69, 9.17) is 4.99 Å². The minimum absolute atomic E-state index is 0.376. The van der Waals surface area contributed by atoms with Crippen LogP contribution in [-0.2, 0) is 0 Å². The highest BCUT2D eigenvalue weighted by Gasteiger charge is 2.23. The van der Waals surface area contributed by atoms with Gasteiger partial charge in [0, 0.05) is 13.1 Å². The van der Waals surface area contributed by atoms with Crippen molar-refractivity contribution >= 4 is 5.96 Å². The van der Waals surface area contributed by atoms with Gasteiger partial charge in [-0.25, -0.2) is 0 Å². The highest BCUT2D eigenvalue weighted by Crippen LogP contribution is 2.25. The van der Waals surface area contributed by atoms with Crippen molar-refractivity contribution in [3.05, 3.63) is 35.9 Å². The van der Waals surface area contributed by atoms with E-state index < -0.39 is 0 Å². The van der Waals surface area contributed by atoms with Gasteiger partial charge in [0.2, 0.25) is 0 Å². The van der Waals surface area contributed by atoms with Crippen molar-refractivity contribution in [1.82, 2.24) is 20.4 Å². The highest BCUT2D eigenvalue weighted by molar-refractivity contribution is 5.79. The Hall–Kier alpha value is -1.59. The van der Waals surface area contributed by atoms with Gasteiger partial charge in [-0.1, -0.05) is 30.3 Å². The lowest BCUT2D eigenvalue weighted by Gasteiger charge is -2.27. The van der Waals surface area contributed by atoms with Crippen LogP contribution in [-0.4, -0.2) is 69.1 Å². The Morgan fingerprint density at radius 3 is 2.52 bits per heavy atom. The van der Waals surface area contributed by atoms with Gasteiger partial charge >= 0.3 is 0 Å². The molecule has 0 bridgehead atoms. The summed E-state index contributed by atoms with van der Waals surface area (Å²) in [7, 11) is 4.22. The Labute approximate surface area is 153 Å². The molecule has 1 heterocycles. The molecule has 5 nitrogen and oxygen atoms in total. The molecule has 1 aliphatic rings. The third-order valence-electron chi connectivity index (χ3n) is 4.61. The fraction of sp³-hybridized carbons (Fsp3) is 0.650. The normalized spacial score (nSPS) is 17.0. The largest absolute Gasteiger partial charge is 0.357 e. The zero-order valence-corrected chi connectivity index (χ0v) is 16.2. The van der Waals surface area contributed by atoms with Crippen LogP contribution in [0.3, 0.4) is 0 Å². The van der Waals surface area contributed by atoms with Gasteiger partial charge in [0.05, 0.1) is 12.6 Å². The quantitative estimate of drug-likeness (QED) is 0.410. The molecule has 1 unspecified atom stereocenters. The third-order valence-corrected chi connectivity index (χ3v) is 4.61. The Bertz CT molecular complexity index is 494. The average molecular weight is 346 g/mol. The van der Waals surface area contributed by atoms with E-state index in [1.807, 2.05) is 0 Å². The second-order valence-corrected chi connectivity index (χ2v) is 6.97. The minimum Gasteiger partial charge on any atom is -0.357 e. The van der Waals surface area contributed by atoms with Gasteiger partial charge in [-0.15, -0.1) is 0 Å². The lowest BCUT2D eigenvalue weighted by molar-refractivity contribution is 0.251. The molecular weight excluding hydrogens is 310 g/mol. The van der Waals surface area contributed by atoms with Crippen LogP contribution >= 0.6 is 0 Å². The van der Waals surface area contributed by atoms with Crippen molar-refractivity contribution < 1.29 is 0 Å². The van der Waals surface area contributed by atoms with Crippen molar-refractivity contribution in [3.63, 3.8) is 0 Å². The molecule has 1 fully saturated rings. The molecule has 2 N–H and O–H groups in total. The predicted molar refractivity (Wildman–Crippen MR) is 107 cm³/mol. The van der Waals surface area contributed by atoms with Crippen LogP contribution in [0.4, 0.5) is 0 Å². The van der Waals surface area contributed by atoms with Crippen molar-refractivity contribution in [3.8, 4) is 0 Å². The fourth-order valence-electron chi connectivity index (χ4n) is 3.28. The van der Waals surface area contributed by atoms with E-state index in [1.54, 1.807) is 0 Å². The maximum Gasteiger partial charge on any atom is 0.191 e. The molecule has 0 aromatic heterocycles. The van der Waals surface area contributed by atoms with Gasteiger partial charge in [-0.3, -0.25) is 9.89 Å². The van der Waals surface area contributed by atoms with E-state index in [0.717, 1.165) is 38.6 Å². The summed E-state index contributed by atoms with van der Waals surface area (Å²) in [6, 6.07) is 11.2. The monoisotopic (exact) mass is 345 g/mol. The van der Waals surface area contributed by atoms with Crippen LogP contribution in [0.25, 0.3) is 0 Å². The zero-order chi connectivity index (χ0) is 17.9. The standard InChI is InChI=1S/C20H35N5/c1-4-21-20(22-13-10-14-24(2)3)23-17-19(25-15-8-9-16-25)18-11-6-5-7-12-18/h5-7,11-12,19H,4,8-10,13-17H2,1-3H3,(H2,21,22,23). The predicted octanol–water partition coefficient (Wildman–Crippen LogP) is 2.33. The molecular formula is C20H35N5. The molecule has 1 aromatic rings. The van der Waals surface area contributed by atoms with Crippen LogP contribution in [0.15, 0.2) is 35.3 Å². The number of hydrogen-bond donors (Lipinski definition) is 2. The van der Waals surface area contributed by atoms with Gasteiger partial charge in [0.15, 0.2) is 5.96 Å². The fourth-order valence-corrected chi connectivity index (χ4v) is 3.28. The molecule has 0 radical (unpaired) electrons. The molecule has 0 aliphatic carbocycles. The summed E-state index contributed by atoms with van der Waals surface area (Å²) in [5.41, 5.74) is 1.37. The first kappa shape index (κ1) is 19.7. The Morgan fingerprint density at radius 1 is 1.16 bits per heavy atom. The van der Waals surface area contributed by atoms with Crippen molar-refractivity contribution in [1.29, 1.82) is 0 Å². The van der Waals surface area contributed by atoms with Gasteiger partial charge in [0.1, 0.15) is 0 Å². The molecule has 0 spiro atoms. The van der Waals surface area contributed by atoms with E-state index in [1.165, 1.54) is 31.5 Å². The summed E-state index contributed by atoms with van der Waals surface area (Å²) in [6.45, 7) is 8.21. The second kappa shape index (κ2) is 11.1. The number of likely N-dealkylation sites (tertiary alicyclic amines) is 1. The lowest BCUT2D eigenvalue weighted by Crippen LogP contribution is -2.39. The first-order chi connectivity index (χ1) is 12.2. The summed E-state index contributed by atoms with van der Waals surface area (Å²) in [5, 5.41) is 6.84. The maximum atomic E-state index is 4.89. The molecule has 1 atom stereocenters. The van der Waals surface area contributed by atoms with Crippen LogP contribution in [0.1, 0.15) is 37.8 Å². The van der Waals surface area contributed by atoms with Crippen molar-refractivity contribution in [2.45, 2.75) is 32.2 Å². The molecule has 140 valence electrons. The van der Waals surface area contributed by atoms with E-state index in [9.17, 15) is 0 Å². The smallest absolute Gasteiger partial charge is 0.191 e. The van der Waals surface area contributed by atoms with E-state index in [-0.39, 0.29) is 0 Å². The maximum absolute atomic E-state index is 4.89. The number of nitrogens with zero attached hydrogens (tertiary/aromatic N) is 3. The number of guanidine groups is 1. The first-order valence-electron chi connectivity index (χ1n) is 9.66. The van der Waals surface area contributed by atoms with Gasteiger partial charge < -0.3 is 15.5 Å². The number of rotatable bonds is 9. The molecule has 0 amide bonds. The molecule has 25 heavy (non-hydrogen) atoms. The summed E-state index contributed by atoms with van der Waals surface area (Å²) in [6.07, 6.45) is 3.72. The molecule has 2 rings (SSSR count). The molecule has 0 saturated carbocycles. The number of benzene rings is 1.